The quantitative estimate of drug-likeness (QED) is 0.504. The van der Waals surface area contributed by atoms with Crippen LogP contribution in [0.15, 0.2) is 0 Å². The molecule has 0 amide bonds. The molecule has 1 aliphatic heterocycles. The van der Waals surface area contributed by atoms with Crippen LogP contribution in [-0.2, 0) is 10.3 Å². The molecular formula is C8H13NO3S. The third-order valence-corrected chi connectivity index (χ3v) is 4.02. The predicted molar refractivity (Wildman–Crippen MR) is 49.1 cm³/mol. The van der Waals surface area contributed by atoms with E-state index in [1.54, 1.807) is 0 Å². The van der Waals surface area contributed by atoms with E-state index in [1.807, 2.05) is 0 Å². The lowest BCUT2D eigenvalue weighted by molar-refractivity contribution is 0.0171. The minimum absolute atomic E-state index is 0.124. The van der Waals surface area contributed by atoms with Crippen molar-refractivity contribution in [1.82, 2.24) is 5.32 Å². The van der Waals surface area contributed by atoms with Gasteiger partial charge < -0.3 is 10.4 Å². The Morgan fingerprint density at radius 1 is 1.38 bits per heavy atom. The summed E-state index contributed by atoms with van der Waals surface area (Å²) in [6, 6.07) is 0. The first kappa shape index (κ1) is 9.18. The fraction of sp³-hybridized carbons (Fsp3) is 0.875. The zero-order valence-corrected chi connectivity index (χ0v) is 8.10. The Morgan fingerprint density at radius 3 is 2.46 bits per heavy atom. The van der Waals surface area contributed by atoms with Crippen LogP contribution in [-0.4, -0.2) is 37.6 Å². The van der Waals surface area contributed by atoms with Gasteiger partial charge in [0.05, 0.1) is 11.0 Å². The lowest BCUT2D eigenvalue weighted by atomic mass is 9.61. The normalized spacial score (nSPS) is 31.5. The van der Waals surface area contributed by atoms with Crippen LogP contribution in [0.25, 0.3) is 0 Å². The fourth-order valence-corrected chi connectivity index (χ4v) is 3.11. The summed E-state index contributed by atoms with van der Waals surface area (Å²) >= 11 is 0. The van der Waals surface area contributed by atoms with E-state index in [0.717, 1.165) is 25.9 Å². The largest absolute Gasteiger partial charge is 0.387 e. The van der Waals surface area contributed by atoms with Crippen LogP contribution >= 0.6 is 0 Å². The second kappa shape index (κ2) is 3.08. The number of nitrogens with one attached hydrogen (secondary N) is 1. The highest BCUT2D eigenvalue weighted by molar-refractivity contribution is 7.73. The van der Waals surface area contributed by atoms with E-state index in [2.05, 4.69) is 5.32 Å². The van der Waals surface area contributed by atoms with Crippen LogP contribution in [0.1, 0.15) is 19.3 Å². The van der Waals surface area contributed by atoms with Crippen molar-refractivity contribution in [3.05, 3.63) is 0 Å². The highest BCUT2D eigenvalue weighted by Crippen LogP contribution is 2.45. The van der Waals surface area contributed by atoms with Gasteiger partial charge in [0.15, 0.2) is 0 Å². The molecule has 0 aromatic carbocycles. The number of aliphatic hydroxyl groups excluding tert-OH is 1. The van der Waals surface area contributed by atoms with Crippen LogP contribution in [0.5, 0.6) is 0 Å². The summed E-state index contributed by atoms with van der Waals surface area (Å²) in [6.45, 7) is 1.77. The molecule has 1 unspecified atom stereocenters. The molecule has 1 heterocycles. The highest BCUT2D eigenvalue weighted by atomic mass is 32.2. The maximum absolute atomic E-state index is 10.6. The van der Waals surface area contributed by atoms with Crippen molar-refractivity contribution in [1.29, 1.82) is 0 Å². The maximum Gasteiger partial charge on any atom is 0.215 e. The van der Waals surface area contributed by atoms with Gasteiger partial charge in [-0.2, -0.15) is 8.42 Å². The molecule has 4 nitrogen and oxygen atoms in total. The average molecular weight is 203 g/mol. The molecule has 2 fully saturated rings. The predicted octanol–water partition coefficient (Wildman–Crippen LogP) is -0.828. The van der Waals surface area contributed by atoms with Gasteiger partial charge >= 0.3 is 0 Å². The Kier molecular flexibility index (Phi) is 2.17. The Bertz CT molecular complexity index is 332. The second-order valence-electron chi connectivity index (χ2n) is 3.89. The molecule has 0 bridgehead atoms. The number of hydrogen-bond acceptors (Lipinski definition) is 4. The van der Waals surface area contributed by atoms with Gasteiger partial charge in [-0.05, 0) is 32.4 Å². The first-order valence-electron chi connectivity index (χ1n) is 4.49. The molecule has 1 aliphatic carbocycles. The van der Waals surface area contributed by atoms with Crippen molar-refractivity contribution >= 4 is 15.2 Å². The Morgan fingerprint density at radius 2 is 2.00 bits per heavy atom. The topological polar surface area (TPSA) is 66.4 Å². The second-order valence-corrected chi connectivity index (χ2v) is 4.89. The Hall–Kier alpha value is -0.390. The molecule has 2 rings (SSSR count). The van der Waals surface area contributed by atoms with Gasteiger partial charge in [0.2, 0.25) is 10.3 Å². The molecule has 13 heavy (non-hydrogen) atoms. The van der Waals surface area contributed by atoms with Gasteiger partial charge in [-0.25, -0.2) is 0 Å². The average Bonchev–Trinajstić information content (AvgIpc) is 2.15. The number of hydrogen-bond donors (Lipinski definition) is 2. The number of rotatable bonds is 0. The molecule has 5 heteroatoms. The van der Waals surface area contributed by atoms with Crippen LogP contribution in [0.2, 0.25) is 0 Å². The first-order chi connectivity index (χ1) is 6.16. The number of aliphatic hydroxyl groups is 1. The van der Waals surface area contributed by atoms with Gasteiger partial charge in [0.25, 0.3) is 0 Å². The molecule has 1 atom stereocenters. The molecular weight excluding hydrogens is 190 g/mol. The first-order valence-corrected chi connectivity index (χ1v) is 5.57. The lowest BCUT2D eigenvalue weighted by Gasteiger charge is -2.49. The van der Waals surface area contributed by atoms with E-state index in [1.165, 1.54) is 0 Å². The molecule has 1 saturated carbocycles. The third-order valence-electron chi connectivity index (χ3n) is 3.22. The summed E-state index contributed by atoms with van der Waals surface area (Å²) in [7, 11) is -2.19. The van der Waals surface area contributed by atoms with Gasteiger partial charge in [-0.1, -0.05) is 0 Å². The van der Waals surface area contributed by atoms with Crippen LogP contribution in [0.4, 0.5) is 0 Å². The molecule has 0 radical (unpaired) electrons. The maximum atomic E-state index is 10.6. The van der Waals surface area contributed by atoms with Crippen LogP contribution in [0.3, 0.4) is 0 Å². The Balaban J connectivity index is 2.18. The zero-order chi connectivity index (χ0) is 9.47. The van der Waals surface area contributed by atoms with Crippen LogP contribution < -0.4 is 5.32 Å². The van der Waals surface area contributed by atoms with E-state index in [4.69, 9.17) is 0 Å². The minimum atomic E-state index is -2.19. The van der Waals surface area contributed by atoms with E-state index < -0.39 is 16.4 Å². The van der Waals surface area contributed by atoms with Gasteiger partial charge in [-0.3, -0.25) is 0 Å². The monoisotopic (exact) mass is 203 g/mol. The minimum Gasteiger partial charge on any atom is -0.387 e. The fourth-order valence-electron chi connectivity index (χ4n) is 2.28. The van der Waals surface area contributed by atoms with Crippen molar-refractivity contribution in [3.8, 4) is 0 Å². The molecule has 74 valence electrons. The van der Waals surface area contributed by atoms with Gasteiger partial charge in [0.1, 0.15) is 0 Å². The third kappa shape index (κ3) is 1.31. The summed E-state index contributed by atoms with van der Waals surface area (Å²) in [5.74, 6) is 0. The molecule has 1 spiro atoms. The van der Waals surface area contributed by atoms with E-state index in [9.17, 15) is 13.5 Å². The van der Waals surface area contributed by atoms with Gasteiger partial charge in [0, 0.05) is 5.41 Å². The van der Waals surface area contributed by atoms with Crippen LogP contribution in [0, 0.1) is 5.41 Å². The van der Waals surface area contributed by atoms with Crippen molar-refractivity contribution in [3.63, 3.8) is 0 Å². The number of piperidine rings is 1. The van der Waals surface area contributed by atoms with E-state index in [-0.39, 0.29) is 5.41 Å². The van der Waals surface area contributed by atoms with E-state index in [0.29, 0.717) is 11.3 Å². The molecule has 0 aromatic heterocycles. The smallest absolute Gasteiger partial charge is 0.215 e. The molecule has 2 aliphatic rings. The highest BCUT2D eigenvalue weighted by Gasteiger charge is 2.51. The summed E-state index contributed by atoms with van der Waals surface area (Å²) in [5, 5.41) is 12.9. The van der Waals surface area contributed by atoms with E-state index >= 15 is 0 Å². The van der Waals surface area contributed by atoms with Crippen molar-refractivity contribution < 1.29 is 13.5 Å². The lowest BCUT2D eigenvalue weighted by Crippen LogP contribution is -2.57. The standard InChI is InChI=1S/C8H13NO3S/c10-7-6(13(11)12)5-8(7)1-3-9-4-2-8/h7,9-10H,1-5H2. The van der Waals surface area contributed by atoms with Gasteiger partial charge in [-0.15, -0.1) is 0 Å². The summed E-state index contributed by atoms with van der Waals surface area (Å²) in [6.07, 6.45) is 1.61. The molecule has 1 saturated heterocycles. The Labute approximate surface area is 78.5 Å². The van der Waals surface area contributed by atoms with Crippen molar-refractivity contribution in [2.45, 2.75) is 25.4 Å². The SMILES string of the molecule is O=S(=O)=C1CC2(CCNCC2)C1O. The zero-order valence-electron chi connectivity index (χ0n) is 7.28. The summed E-state index contributed by atoms with van der Waals surface area (Å²) in [5.41, 5.74) is -0.124. The summed E-state index contributed by atoms with van der Waals surface area (Å²) < 4.78 is 21.2. The molecule has 0 aromatic rings. The van der Waals surface area contributed by atoms with Crippen molar-refractivity contribution in [2.24, 2.45) is 5.41 Å². The summed E-state index contributed by atoms with van der Waals surface area (Å²) in [4.78, 5) is 0.293. The van der Waals surface area contributed by atoms with Crippen molar-refractivity contribution in [2.75, 3.05) is 13.1 Å². The molecule has 2 N–H and O–H groups in total.